The van der Waals surface area contributed by atoms with Gasteiger partial charge < -0.3 is 5.32 Å². The molecule has 6 heteroatoms. The van der Waals surface area contributed by atoms with E-state index in [0.717, 1.165) is 18.8 Å². The number of halogens is 2. The second-order valence-electron chi connectivity index (χ2n) is 5.14. The Kier molecular flexibility index (Phi) is 4.53. The van der Waals surface area contributed by atoms with Crippen LogP contribution in [0.1, 0.15) is 32.6 Å². The number of benzene rings is 1. The van der Waals surface area contributed by atoms with E-state index in [9.17, 15) is 10.1 Å². The van der Waals surface area contributed by atoms with E-state index in [-0.39, 0.29) is 5.69 Å². The molecular weight excluding hydrogens is 287 g/mol. The van der Waals surface area contributed by atoms with Gasteiger partial charge in [0.15, 0.2) is 0 Å². The third-order valence-electron chi connectivity index (χ3n) is 3.60. The molecule has 1 aromatic carbocycles. The largest absolute Gasteiger partial charge is 0.380 e. The molecule has 0 amide bonds. The first-order valence-corrected chi connectivity index (χ1v) is 7.13. The summed E-state index contributed by atoms with van der Waals surface area (Å²) in [5, 5.41) is 14.6. The molecule has 0 saturated heterocycles. The van der Waals surface area contributed by atoms with Gasteiger partial charge in [0, 0.05) is 18.2 Å². The van der Waals surface area contributed by atoms with Gasteiger partial charge in [-0.25, -0.2) is 0 Å². The molecule has 1 aliphatic carbocycles. The smallest absolute Gasteiger partial charge is 0.272 e. The standard InChI is InChI=1S/C13H16Cl2N2O2/c1-8-2-4-9(5-3-8)16-13-11(14)6-10(17(18)19)7-12(13)15/h6-9,16H,2-5H2,1H3. The predicted octanol–water partition coefficient (Wildman–Crippen LogP) is 4.89. The number of nitro groups is 1. The molecule has 1 aromatic rings. The van der Waals surface area contributed by atoms with Crippen molar-refractivity contribution >= 4 is 34.6 Å². The zero-order chi connectivity index (χ0) is 14.0. The van der Waals surface area contributed by atoms with Crippen molar-refractivity contribution in [1.82, 2.24) is 0 Å². The lowest BCUT2D eigenvalue weighted by molar-refractivity contribution is -0.384. The van der Waals surface area contributed by atoms with Crippen molar-refractivity contribution < 1.29 is 4.92 Å². The van der Waals surface area contributed by atoms with E-state index in [0.29, 0.717) is 21.8 Å². The molecule has 0 spiro atoms. The lowest BCUT2D eigenvalue weighted by Crippen LogP contribution is -2.25. The summed E-state index contributed by atoms with van der Waals surface area (Å²) in [5.74, 6) is 0.765. The molecule has 0 aliphatic heterocycles. The van der Waals surface area contributed by atoms with Gasteiger partial charge in [-0.3, -0.25) is 10.1 Å². The van der Waals surface area contributed by atoms with Crippen LogP contribution >= 0.6 is 23.2 Å². The van der Waals surface area contributed by atoms with Gasteiger partial charge in [0.1, 0.15) is 0 Å². The zero-order valence-corrected chi connectivity index (χ0v) is 12.2. The molecule has 104 valence electrons. The maximum atomic E-state index is 10.7. The van der Waals surface area contributed by atoms with E-state index in [2.05, 4.69) is 12.2 Å². The van der Waals surface area contributed by atoms with E-state index in [4.69, 9.17) is 23.2 Å². The van der Waals surface area contributed by atoms with Crippen molar-refractivity contribution in [2.45, 2.75) is 38.6 Å². The van der Waals surface area contributed by atoms with Gasteiger partial charge in [0.25, 0.3) is 5.69 Å². The topological polar surface area (TPSA) is 55.2 Å². The Bertz CT molecular complexity index is 463. The third-order valence-corrected chi connectivity index (χ3v) is 4.20. The molecule has 0 heterocycles. The van der Waals surface area contributed by atoms with E-state index in [1.165, 1.54) is 25.0 Å². The van der Waals surface area contributed by atoms with Gasteiger partial charge >= 0.3 is 0 Å². The predicted molar refractivity (Wildman–Crippen MR) is 78.2 cm³/mol. The van der Waals surface area contributed by atoms with Crippen LogP contribution < -0.4 is 5.32 Å². The van der Waals surface area contributed by atoms with Crippen molar-refractivity contribution in [3.05, 3.63) is 32.3 Å². The molecule has 0 radical (unpaired) electrons. The van der Waals surface area contributed by atoms with E-state index >= 15 is 0 Å². The monoisotopic (exact) mass is 302 g/mol. The number of non-ortho nitro benzene ring substituents is 1. The fraction of sp³-hybridized carbons (Fsp3) is 0.538. The molecule has 0 aromatic heterocycles. The highest BCUT2D eigenvalue weighted by molar-refractivity contribution is 6.39. The Morgan fingerprint density at radius 1 is 1.21 bits per heavy atom. The first-order valence-electron chi connectivity index (χ1n) is 6.37. The molecule has 1 aliphatic rings. The summed E-state index contributed by atoms with van der Waals surface area (Å²) >= 11 is 12.2. The van der Waals surface area contributed by atoms with E-state index in [1.54, 1.807) is 0 Å². The molecule has 0 atom stereocenters. The number of anilines is 1. The fourth-order valence-corrected chi connectivity index (χ4v) is 3.00. The minimum absolute atomic E-state index is 0.0854. The fourth-order valence-electron chi connectivity index (χ4n) is 2.41. The molecule has 1 fully saturated rings. The summed E-state index contributed by atoms with van der Waals surface area (Å²) in [6.45, 7) is 2.25. The molecular formula is C13H16Cl2N2O2. The van der Waals surface area contributed by atoms with Crippen LogP contribution in [0.5, 0.6) is 0 Å². The summed E-state index contributed by atoms with van der Waals surface area (Å²) in [6.07, 6.45) is 4.51. The van der Waals surface area contributed by atoms with Crippen LogP contribution in [0.4, 0.5) is 11.4 Å². The highest BCUT2D eigenvalue weighted by Crippen LogP contribution is 2.36. The lowest BCUT2D eigenvalue weighted by Gasteiger charge is -2.28. The molecule has 19 heavy (non-hydrogen) atoms. The number of hydrogen-bond acceptors (Lipinski definition) is 3. The highest BCUT2D eigenvalue weighted by atomic mass is 35.5. The summed E-state index contributed by atoms with van der Waals surface area (Å²) in [6, 6.07) is 3.01. The van der Waals surface area contributed by atoms with Crippen LogP contribution in [-0.2, 0) is 0 Å². The first kappa shape index (κ1) is 14.4. The van der Waals surface area contributed by atoms with E-state index in [1.807, 2.05) is 0 Å². The normalized spacial score (nSPS) is 23.1. The van der Waals surface area contributed by atoms with Crippen molar-refractivity contribution in [3.8, 4) is 0 Å². The summed E-state index contributed by atoms with van der Waals surface area (Å²) in [4.78, 5) is 10.2. The Labute approximate surface area is 122 Å². The highest BCUT2D eigenvalue weighted by Gasteiger charge is 2.21. The maximum absolute atomic E-state index is 10.7. The minimum Gasteiger partial charge on any atom is -0.380 e. The van der Waals surface area contributed by atoms with Crippen molar-refractivity contribution in [2.24, 2.45) is 5.92 Å². The van der Waals surface area contributed by atoms with Gasteiger partial charge in [0.05, 0.1) is 20.7 Å². The Hall–Kier alpha value is -1.00. The maximum Gasteiger partial charge on any atom is 0.272 e. The number of nitrogens with one attached hydrogen (secondary N) is 1. The number of rotatable bonds is 3. The number of nitrogens with zero attached hydrogens (tertiary/aromatic N) is 1. The van der Waals surface area contributed by atoms with E-state index < -0.39 is 4.92 Å². The molecule has 0 bridgehead atoms. The molecule has 2 rings (SSSR count). The summed E-state index contributed by atoms with van der Waals surface area (Å²) in [5.41, 5.74) is 0.520. The third kappa shape index (κ3) is 3.51. The molecule has 0 unspecified atom stereocenters. The average Bonchev–Trinajstić information content (AvgIpc) is 2.35. The lowest BCUT2D eigenvalue weighted by atomic mass is 9.87. The van der Waals surface area contributed by atoms with Gasteiger partial charge in [-0.1, -0.05) is 30.1 Å². The van der Waals surface area contributed by atoms with Crippen LogP contribution in [0.15, 0.2) is 12.1 Å². The van der Waals surface area contributed by atoms with Crippen LogP contribution in [-0.4, -0.2) is 11.0 Å². The molecule has 4 nitrogen and oxygen atoms in total. The number of hydrogen-bond donors (Lipinski definition) is 1. The van der Waals surface area contributed by atoms with Gasteiger partial charge in [-0.2, -0.15) is 0 Å². The minimum atomic E-state index is -0.496. The SMILES string of the molecule is CC1CCC(Nc2c(Cl)cc([N+](=O)[O-])cc2Cl)CC1. The van der Waals surface area contributed by atoms with Crippen molar-refractivity contribution in [3.63, 3.8) is 0 Å². The van der Waals surface area contributed by atoms with Gasteiger partial charge in [0.2, 0.25) is 0 Å². The summed E-state index contributed by atoms with van der Waals surface area (Å²) < 4.78 is 0. The Balaban J connectivity index is 2.14. The first-order chi connectivity index (χ1) is 8.97. The zero-order valence-electron chi connectivity index (χ0n) is 10.7. The number of nitro benzene ring substituents is 1. The van der Waals surface area contributed by atoms with Crippen LogP contribution in [0.2, 0.25) is 10.0 Å². The quantitative estimate of drug-likeness (QED) is 0.638. The second-order valence-corrected chi connectivity index (χ2v) is 5.96. The van der Waals surface area contributed by atoms with Crippen molar-refractivity contribution in [2.75, 3.05) is 5.32 Å². The van der Waals surface area contributed by atoms with Gasteiger partial charge in [-0.15, -0.1) is 0 Å². The van der Waals surface area contributed by atoms with Crippen LogP contribution in [0.3, 0.4) is 0 Å². The molecule has 1 saturated carbocycles. The average molecular weight is 303 g/mol. The van der Waals surface area contributed by atoms with Gasteiger partial charge in [-0.05, 0) is 31.6 Å². The molecule has 1 N–H and O–H groups in total. The second kappa shape index (κ2) is 5.97. The van der Waals surface area contributed by atoms with Crippen molar-refractivity contribution in [1.29, 1.82) is 0 Å². The Morgan fingerprint density at radius 2 is 1.74 bits per heavy atom. The van der Waals surface area contributed by atoms with Crippen LogP contribution in [0, 0.1) is 16.0 Å². The van der Waals surface area contributed by atoms with Crippen LogP contribution in [0.25, 0.3) is 0 Å². The summed E-state index contributed by atoms with van der Waals surface area (Å²) in [7, 11) is 0. The Morgan fingerprint density at radius 3 is 2.21 bits per heavy atom.